The van der Waals surface area contributed by atoms with E-state index in [4.69, 9.17) is 9.47 Å². The molecule has 7 heteroatoms. The lowest BCUT2D eigenvalue weighted by molar-refractivity contribution is -0.165. The van der Waals surface area contributed by atoms with Crippen LogP contribution in [0.15, 0.2) is 78.9 Å². The number of β-lactam (4-membered cyclic amide) rings is 1. The number of methoxy groups -OCH3 is 1. The van der Waals surface area contributed by atoms with Crippen molar-refractivity contribution in [3.63, 3.8) is 0 Å². The Morgan fingerprint density at radius 1 is 0.935 bits per heavy atom. The van der Waals surface area contributed by atoms with Gasteiger partial charge in [0.15, 0.2) is 11.5 Å². The van der Waals surface area contributed by atoms with E-state index in [2.05, 4.69) is 4.74 Å². The molecule has 0 aromatic heterocycles. The Bertz CT molecular complexity index is 979. The molecular formula is C24H21F2NO4. The topological polar surface area (TPSA) is 48.0 Å². The van der Waals surface area contributed by atoms with E-state index < -0.39 is 18.8 Å². The van der Waals surface area contributed by atoms with Crippen LogP contribution in [0.3, 0.4) is 0 Å². The molecule has 0 bridgehead atoms. The highest BCUT2D eigenvalue weighted by Crippen LogP contribution is 2.41. The molecule has 160 valence electrons. The summed E-state index contributed by atoms with van der Waals surface area (Å²) in [5.74, 6) is 0.525. The van der Waals surface area contributed by atoms with Crippen molar-refractivity contribution in [2.75, 3.05) is 7.11 Å². The fourth-order valence-corrected chi connectivity index (χ4v) is 3.65. The van der Waals surface area contributed by atoms with E-state index in [1.807, 2.05) is 48.5 Å². The van der Waals surface area contributed by atoms with Crippen molar-refractivity contribution in [2.45, 2.75) is 25.3 Å². The highest BCUT2D eigenvalue weighted by Gasteiger charge is 2.50. The quantitative estimate of drug-likeness (QED) is 0.485. The number of carbonyl (C=O) groups excluding carboxylic acids is 1. The highest BCUT2D eigenvalue weighted by atomic mass is 19.3. The number of nitrogens with zero attached hydrogens (tertiary/aromatic N) is 1. The number of carbonyl (C=O) groups is 1. The van der Waals surface area contributed by atoms with Crippen LogP contribution in [0.4, 0.5) is 8.78 Å². The first kappa shape index (κ1) is 20.7. The van der Waals surface area contributed by atoms with Gasteiger partial charge in [0.25, 0.3) is 5.91 Å². The number of amides is 1. The van der Waals surface area contributed by atoms with E-state index >= 15 is 0 Å². The third-order valence-electron chi connectivity index (χ3n) is 5.10. The zero-order valence-electron chi connectivity index (χ0n) is 16.8. The second kappa shape index (κ2) is 9.04. The van der Waals surface area contributed by atoms with Gasteiger partial charge in [-0.15, -0.1) is 0 Å². The maximum Gasteiger partial charge on any atom is 0.387 e. The van der Waals surface area contributed by atoms with Gasteiger partial charge in [-0.1, -0.05) is 54.6 Å². The van der Waals surface area contributed by atoms with Gasteiger partial charge in [0.05, 0.1) is 7.11 Å². The van der Waals surface area contributed by atoms with Crippen LogP contribution in [0.5, 0.6) is 17.2 Å². The van der Waals surface area contributed by atoms with E-state index in [0.29, 0.717) is 17.9 Å². The van der Waals surface area contributed by atoms with Gasteiger partial charge in [0, 0.05) is 6.54 Å². The standard InChI is InChI=1S/C24H21F2NO4/c1-29-20-14-17(12-13-19(20)31-24(25)26)21-22(30-18-10-6-3-7-11-18)23(28)27(21)15-16-8-4-2-5-9-16/h2-14,21-22,24H,15H2,1H3/t21-,22+/m0/s1. The monoisotopic (exact) mass is 425 g/mol. The van der Waals surface area contributed by atoms with Gasteiger partial charge >= 0.3 is 6.61 Å². The number of likely N-dealkylation sites (tertiary alicyclic amines) is 1. The predicted molar refractivity (Wildman–Crippen MR) is 110 cm³/mol. The number of benzene rings is 3. The van der Waals surface area contributed by atoms with Crippen LogP contribution in [0.1, 0.15) is 17.2 Å². The van der Waals surface area contributed by atoms with E-state index in [0.717, 1.165) is 5.56 Å². The second-order valence-electron chi connectivity index (χ2n) is 7.04. The number of halogens is 2. The number of hydrogen-bond acceptors (Lipinski definition) is 4. The molecule has 1 aliphatic heterocycles. The molecule has 1 aliphatic rings. The van der Waals surface area contributed by atoms with E-state index in [-0.39, 0.29) is 17.4 Å². The zero-order chi connectivity index (χ0) is 21.8. The van der Waals surface area contributed by atoms with Crippen molar-refractivity contribution in [2.24, 2.45) is 0 Å². The van der Waals surface area contributed by atoms with Crippen molar-refractivity contribution in [1.82, 2.24) is 4.90 Å². The molecule has 2 atom stereocenters. The largest absolute Gasteiger partial charge is 0.493 e. The fourth-order valence-electron chi connectivity index (χ4n) is 3.65. The van der Waals surface area contributed by atoms with Crippen LogP contribution >= 0.6 is 0 Å². The summed E-state index contributed by atoms with van der Waals surface area (Å²) in [5, 5.41) is 0. The maximum absolute atomic E-state index is 13.0. The molecule has 3 aromatic rings. The molecule has 1 saturated heterocycles. The minimum atomic E-state index is -2.96. The van der Waals surface area contributed by atoms with Crippen LogP contribution in [-0.2, 0) is 11.3 Å². The number of rotatable bonds is 8. The van der Waals surface area contributed by atoms with Crippen molar-refractivity contribution in [1.29, 1.82) is 0 Å². The van der Waals surface area contributed by atoms with E-state index in [9.17, 15) is 13.6 Å². The Morgan fingerprint density at radius 2 is 1.61 bits per heavy atom. The molecule has 0 spiro atoms. The van der Waals surface area contributed by atoms with E-state index in [1.165, 1.54) is 13.2 Å². The summed E-state index contributed by atoms with van der Waals surface area (Å²) in [6.45, 7) is -2.56. The molecule has 0 unspecified atom stereocenters. The molecule has 0 saturated carbocycles. The molecule has 4 rings (SSSR count). The average molecular weight is 425 g/mol. The Kier molecular flexibility index (Phi) is 6.02. The Morgan fingerprint density at radius 3 is 2.26 bits per heavy atom. The van der Waals surface area contributed by atoms with Gasteiger partial charge in [-0.25, -0.2) is 0 Å². The molecule has 1 amide bonds. The van der Waals surface area contributed by atoms with Gasteiger partial charge in [-0.05, 0) is 35.4 Å². The number of ether oxygens (including phenoxy) is 3. The lowest BCUT2D eigenvalue weighted by Gasteiger charge is -2.47. The van der Waals surface area contributed by atoms with Crippen LogP contribution in [0.2, 0.25) is 0 Å². The molecule has 1 heterocycles. The van der Waals surface area contributed by atoms with Crippen molar-refractivity contribution >= 4 is 5.91 Å². The van der Waals surface area contributed by atoms with Gasteiger partial charge in [0.2, 0.25) is 6.10 Å². The Hall–Kier alpha value is -3.61. The number of para-hydroxylation sites is 1. The van der Waals surface area contributed by atoms with Gasteiger partial charge in [-0.3, -0.25) is 4.79 Å². The number of hydrogen-bond donors (Lipinski definition) is 0. The average Bonchev–Trinajstić information content (AvgIpc) is 2.79. The van der Waals surface area contributed by atoms with Crippen LogP contribution in [0, 0.1) is 0 Å². The highest BCUT2D eigenvalue weighted by molar-refractivity contribution is 5.89. The molecule has 31 heavy (non-hydrogen) atoms. The molecule has 0 N–H and O–H groups in total. The first-order valence-corrected chi connectivity index (χ1v) is 9.75. The van der Waals surface area contributed by atoms with Gasteiger partial charge in [0.1, 0.15) is 11.8 Å². The molecule has 5 nitrogen and oxygen atoms in total. The molecular weight excluding hydrogens is 404 g/mol. The second-order valence-corrected chi connectivity index (χ2v) is 7.04. The smallest absolute Gasteiger partial charge is 0.387 e. The fraction of sp³-hybridized carbons (Fsp3) is 0.208. The van der Waals surface area contributed by atoms with E-state index in [1.54, 1.807) is 29.2 Å². The summed E-state index contributed by atoms with van der Waals surface area (Å²) in [6.07, 6.45) is -0.738. The lowest BCUT2D eigenvalue weighted by atomic mass is 9.89. The molecule has 3 aromatic carbocycles. The minimum absolute atomic E-state index is 0.0676. The first-order valence-electron chi connectivity index (χ1n) is 9.75. The third kappa shape index (κ3) is 4.45. The van der Waals surface area contributed by atoms with Crippen LogP contribution < -0.4 is 14.2 Å². The maximum atomic E-state index is 13.0. The summed E-state index contributed by atoms with van der Waals surface area (Å²) in [5.41, 5.74) is 1.68. The summed E-state index contributed by atoms with van der Waals surface area (Å²) < 4.78 is 41.1. The van der Waals surface area contributed by atoms with Crippen molar-refractivity contribution in [3.05, 3.63) is 90.0 Å². The molecule has 0 aliphatic carbocycles. The third-order valence-corrected chi connectivity index (χ3v) is 5.10. The van der Waals surface area contributed by atoms with Crippen LogP contribution in [0.25, 0.3) is 0 Å². The van der Waals surface area contributed by atoms with Crippen molar-refractivity contribution < 1.29 is 27.8 Å². The van der Waals surface area contributed by atoms with Crippen molar-refractivity contribution in [3.8, 4) is 17.2 Å². The number of alkyl halides is 2. The SMILES string of the molecule is COc1cc([C@H]2[C@@H](Oc3ccccc3)C(=O)N2Cc2ccccc2)ccc1OC(F)F. The summed E-state index contributed by atoms with van der Waals surface area (Å²) in [7, 11) is 1.38. The summed E-state index contributed by atoms with van der Waals surface area (Å²) in [4.78, 5) is 14.7. The van der Waals surface area contributed by atoms with Gasteiger partial charge < -0.3 is 19.1 Å². The van der Waals surface area contributed by atoms with Gasteiger partial charge in [-0.2, -0.15) is 8.78 Å². The minimum Gasteiger partial charge on any atom is -0.493 e. The summed E-state index contributed by atoms with van der Waals surface area (Å²) in [6, 6.07) is 23.0. The Balaban J connectivity index is 1.65. The van der Waals surface area contributed by atoms with Crippen LogP contribution in [-0.4, -0.2) is 30.6 Å². The lowest BCUT2D eigenvalue weighted by Crippen LogP contribution is -2.60. The predicted octanol–water partition coefficient (Wildman–Crippen LogP) is 4.83. The Labute approximate surface area is 178 Å². The summed E-state index contributed by atoms with van der Waals surface area (Å²) >= 11 is 0. The normalized spacial score (nSPS) is 17.9. The zero-order valence-corrected chi connectivity index (χ0v) is 16.8. The first-order chi connectivity index (χ1) is 15.1. The molecule has 1 fully saturated rings. The molecule has 0 radical (unpaired) electrons.